The largest absolute Gasteiger partial charge is 0.492 e. The van der Waals surface area contributed by atoms with Gasteiger partial charge in [0.05, 0.1) is 25.2 Å². The number of benzene rings is 1. The first-order valence-electron chi connectivity index (χ1n) is 8.90. The van der Waals surface area contributed by atoms with Crippen molar-refractivity contribution in [1.29, 1.82) is 0 Å². The van der Waals surface area contributed by atoms with Crippen LogP contribution in [0.2, 0.25) is 0 Å². The topological polar surface area (TPSA) is 84.9 Å². The predicted molar refractivity (Wildman–Crippen MR) is 95.9 cm³/mol. The summed E-state index contributed by atoms with van der Waals surface area (Å²) in [6.45, 7) is 7.13. The Labute approximate surface area is 153 Å². The molecule has 0 bridgehead atoms. The number of esters is 1. The molecule has 1 aliphatic heterocycles. The lowest BCUT2D eigenvalue weighted by atomic mass is 10.1. The normalized spacial score (nSPS) is 17.0. The molecule has 0 spiro atoms. The monoisotopic (exact) mass is 362 g/mol. The Morgan fingerprint density at radius 1 is 1.31 bits per heavy atom. The molecule has 1 fully saturated rings. The summed E-state index contributed by atoms with van der Waals surface area (Å²) >= 11 is 0. The molecule has 142 valence electrons. The van der Waals surface area contributed by atoms with Gasteiger partial charge < -0.3 is 19.7 Å². The number of rotatable bonds is 7. The number of amides is 2. The van der Waals surface area contributed by atoms with Gasteiger partial charge in [0.2, 0.25) is 5.91 Å². The molecule has 1 saturated heterocycles. The number of hydrogen-bond donors (Lipinski definition) is 1. The second-order valence-electron chi connectivity index (χ2n) is 6.52. The van der Waals surface area contributed by atoms with Gasteiger partial charge >= 0.3 is 5.97 Å². The number of carbonyl (C=O) groups is 3. The minimum atomic E-state index is -0.881. The molecule has 2 amide bonds. The number of nitrogens with one attached hydrogen (secondary N) is 1. The van der Waals surface area contributed by atoms with E-state index in [2.05, 4.69) is 5.32 Å². The van der Waals surface area contributed by atoms with E-state index in [0.29, 0.717) is 36.9 Å². The third-order valence-corrected chi connectivity index (χ3v) is 3.95. The van der Waals surface area contributed by atoms with Crippen LogP contribution < -0.4 is 10.1 Å². The highest BCUT2D eigenvalue weighted by Gasteiger charge is 2.36. The van der Waals surface area contributed by atoms with Crippen molar-refractivity contribution in [3.63, 3.8) is 0 Å². The minimum Gasteiger partial charge on any atom is -0.492 e. The summed E-state index contributed by atoms with van der Waals surface area (Å²) < 4.78 is 10.7. The lowest BCUT2D eigenvalue weighted by molar-refractivity contribution is -0.147. The van der Waals surface area contributed by atoms with Crippen molar-refractivity contribution in [2.24, 2.45) is 5.92 Å². The van der Waals surface area contributed by atoms with Crippen LogP contribution >= 0.6 is 0 Å². The molecule has 0 saturated carbocycles. The van der Waals surface area contributed by atoms with Crippen molar-refractivity contribution >= 4 is 17.8 Å². The predicted octanol–water partition coefficient (Wildman–Crippen LogP) is 1.62. The maximum Gasteiger partial charge on any atom is 0.308 e. The number of ether oxygens (including phenoxy) is 2. The highest BCUT2D eigenvalue weighted by atomic mass is 16.5. The zero-order valence-electron chi connectivity index (χ0n) is 15.5. The number of para-hydroxylation sites is 1. The van der Waals surface area contributed by atoms with Crippen LogP contribution in [-0.2, 0) is 14.3 Å². The van der Waals surface area contributed by atoms with E-state index in [1.165, 1.54) is 4.90 Å². The first-order chi connectivity index (χ1) is 12.4. The fourth-order valence-corrected chi connectivity index (χ4v) is 2.72. The number of carbonyl (C=O) groups excluding carboxylic acids is 3. The second kappa shape index (κ2) is 9.22. The molecule has 1 aromatic rings. The van der Waals surface area contributed by atoms with Crippen LogP contribution in [-0.4, -0.2) is 55.0 Å². The van der Waals surface area contributed by atoms with E-state index in [0.717, 1.165) is 0 Å². The number of hydrogen-bond acceptors (Lipinski definition) is 5. The molecule has 0 aromatic heterocycles. The Morgan fingerprint density at radius 3 is 2.73 bits per heavy atom. The number of nitrogens with zero attached hydrogens (tertiary/aromatic N) is 1. The molecule has 1 atom stereocenters. The fraction of sp³-hybridized carbons (Fsp3) is 0.526. The molecule has 0 radical (unpaired) electrons. The third-order valence-electron chi connectivity index (χ3n) is 3.95. The first-order valence-corrected chi connectivity index (χ1v) is 8.90. The van der Waals surface area contributed by atoms with Crippen LogP contribution in [0.25, 0.3) is 0 Å². The summed E-state index contributed by atoms with van der Waals surface area (Å²) in [4.78, 5) is 38.6. The third kappa shape index (κ3) is 4.97. The molecule has 1 heterocycles. The Hall–Kier alpha value is -2.57. The van der Waals surface area contributed by atoms with Gasteiger partial charge in [-0.15, -0.1) is 0 Å². The van der Waals surface area contributed by atoms with E-state index in [4.69, 9.17) is 9.47 Å². The average molecular weight is 362 g/mol. The van der Waals surface area contributed by atoms with Gasteiger partial charge in [-0.2, -0.15) is 0 Å². The van der Waals surface area contributed by atoms with Gasteiger partial charge in [0.1, 0.15) is 11.8 Å². The molecule has 2 rings (SSSR count). The highest BCUT2D eigenvalue weighted by Crippen LogP contribution is 2.23. The fourth-order valence-electron chi connectivity index (χ4n) is 2.72. The summed E-state index contributed by atoms with van der Waals surface area (Å²) in [6.07, 6.45) is -0.166. The van der Waals surface area contributed by atoms with Crippen molar-refractivity contribution < 1.29 is 23.9 Å². The Bertz CT molecular complexity index is 659. The molecule has 1 N–H and O–H groups in total. The standard InChI is InChI=1S/C19H26N2O5/c1-4-25-17(22)11-15-18(23)20-9-10-21(15)19(24)14-7-5-6-8-16(14)26-12-13(2)3/h5-8,13,15H,4,9-12H2,1-3H3,(H,20,23). The Balaban J connectivity index is 2.22. The van der Waals surface area contributed by atoms with Crippen molar-refractivity contribution in [2.75, 3.05) is 26.3 Å². The average Bonchev–Trinajstić information content (AvgIpc) is 2.61. The van der Waals surface area contributed by atoms with E-state index in [-0.39, 0.29) is 24.8 Å². The molecular weight excluding hydrogens is 336 g/mol. The SMILES string of the molecule is CCOC(=O)CC1C(=O)NCCN1C(=O)c1ccccc1OCC(C)C. The zero-order valence-corrected chi connectivity index (χ0v) is 15.5. The van der Waals surface area contributed by atoms with Crippen LogP contribution in [0.15, 0.2) is 24.3 Å². The van der Waals surface area contributed by atoms with Crippen molar-refractivity contribution in [3.05, 3.63) is 29.8 Å². The molecule has 26 heavy (non-hydrogen) atoms. The zero-order chi connectivity index (χ0) is 19.1. The van der Waals surface area contributed by atoms with Gasteiger partial charge in [0.25, 0.3) is 5.91 Å². The van der Waals surface area contributed by atoms with Crippen LogP contribution in [0.1, 0.15) is 37.6 Å². The van der Waals surface area contributed by atoms with Gasteiger partial charge in [-0.1, -0.05) is 26.0 Å². The smallest absolute Gasteiger partial charge is 0.308 e. The minimum absolute atomic E-state index is 0.166. The Morgan fingerprint density at radius 2 is 2.04 bits per heavy atom. The van der Waals surface area contributed by atoms with E-state index < -0.39 is 12.0 Å². The summed E-state index contributed by atoms with van der Waals surface area (Å²) in [5.74, 6) is -0.383. The maximum atomic E-state index is 13.1. The van der Waals surface area contributed by atoms with E-state index in [1.54, 1.807) is 31.2 Å². The molecule has 7 nitrogen and oxygen atoms in total. The first kappa shape index (κ1) is 19.8. The lowest BCUT2D eigenvalue weighted by Crippen LogP contribution is -2.57. The van der Waals surface area contributed by atoms with Gasteiger partial charge in [-0.25, -0.2) is 0 Å². The summed E-state index contributed by atoms with van der Waals surface area (Å²) in [6, 6.07) is 6.07. The van der Waals surface area contributed by atoms with Gasteiger partial charge in [-0.05, 0) is 25.0 Å². The quantitative estimate of drug-likeness (QED) is 0.745. The summed E-state index contributed by atoms with van der Waals surface area (Å²) in [5.41, 5.74) is 0.386. The molecule has 1 unspecified atom stereocenters. The molecule has 1 aromatic carbocycles. The van der Waals surface area contributed by atoms with Gasteiger partial charge in [0, 0.05) is 13.1 Å². The van der Waals surface area contributed by atoms with Gasteiger partial charge in [-0.3, -0.25) is 14.4 Å². The summed E-state index contributed by atoms with van der Waals surface area (Å²) in [7, 11) is 0. The van der Waals surface area contributed by atoms with E-state index >= 15 is 0 Å². The van der Waals surface area contributed by atoms with Crippen molar-refractivity contribution in [3.8, 4) is 5.75 Å². The Kier molecular flexibility index (Phi) is 7.00. The molecule has 1 aliphatic rings. The van der Waals surface area contributed by atoms with Crippen LogP contribution in [0.5, 0.6) is 5.75 Å². The van der Waals surface area contributed by atoms with E-state index in [1.807, 2.05) is 13.8 Å². The molecule has 7 heteroatoms. The highest BCUT2D eigenvalue weighted by molar-refractivity contribution is 6.01. The van der Waals surface area contributed by atoms with Gasteiger partial charge in [0.15, 0.2) is 0 Å². The van der Waals surface area contributed by atoms with Crippen molar-refractivity contribution in [2.45, 2.75) is 33.2 Å². The van der Waals surface area contributed by atoms with Crippen LogP contribution in [0.3, 0.4) is 0 Å². The van der Waals surface area contributed by atoms with E-state index in [9.17, 15) is 14.4 Å². The number of piperazine rings is 1. The van der Waals surface area contributed by atoms with Crippen LogP contribution in [0.4, 0.5) is 0 Å². The maximum absolute atomic E-state index is 13.1. The second-order valence-corrected chi connectivity index (χ2v) is 6.52. The van der Waals surface area contributed by atoms with Crippen molar-refractivity contribution in [1.82, 2.24) is 10.2 Å². The van der Waals surface area contributed by atoms with Crippen LogP contribution in [0, 0.1) is 5.92 Å². The molecule has 0 aliphatic carbocycles. The molecular formula is C19H26N2O5. The lowest BCUT2D eigenvalue weighted by Gasteiger charge is -2.34. The summed E-state index contributed by atoms with van der Waals surface area (Å²) in [5, 5.41) is 2.70.